The molecule has 1 amide bonds. The minimum Gasteiger partial charge on any atom is -0.497 e. The molecular formula is C22H26ClNO4. The molecule has 2 N–H and O–H groups in total. The number of methoxy groups -OCH3 is 1. The van der Waals surface area contributed by atoms with E-state index in [9.17, 15) is 9.59 Å². The first-order chi connectivity index (χ1) is 13.5. The van der Waals surface area contributed by atoms with Crippen molar-refractivity contribution in [3.63, 3.8) is 0 Å². The number of halogens is 1. The Kier molecular flexibility index (Phi) is 8.98. The van der Waals surface area contributed by atoms with Crippen molar-refractivity contribution in [2.24, 2.45) is 5.92 Å². The van der Waals surface area contributed by atoms with E-state index in [-0.39, 0.29) is 31.1 Å². The van der Waals surface area contributed by atoms with E-state index in [0.29, 0.717) is 24.4 Å². The molecule has 0 aliphatic rings. The van der Waals surface area contributed by atoms with Gasteiger partial charge in [-0.1, -0.05) is 35.9 Å². The summed E-state index contributed by atoms with van der Waals surface area (Å²) in [5, 5.41) is 12.3. The van der Waals surface area contributed by atoms with E-state index in [1.165, 1.54) is 0 Å². The van der Waals surface area contributed by atoms with Crippen LogP contribution in [-0.4, -0.2) is 37.1 Å². The second-order valence-electron chi connectivity index (χ2n) is 6.66. The normalized spacial score (nSPS) is 11.7. The molecule has 0 aliphatic heterocycles. The van der Waals surface area contributed by atoms with E-state index < -0.39 is 5.92 Å². The molecule has 0 saturated heterocycles. The summed E-state index contributed by atoms with van der Waals surface area (Å²) in [6, 6.07) is 14.6. The molecule has 2 aromatic rings. The first-order valence-electron chi connectivity index (χ1n) is 9.29. The van der Waals surface area contributed by atoms with Crippen molar-refractivity contribution in [3.8, 4) is 5.75 Å². The number of nitrogens with one attached hydrogen (secondary N) is 1. The average Bonchev–Trinajstić information content (AvgIpc) is 2.70. The maximum absolute atomic E-state index is 12.6. The molecule has 0 fully saturated rings. The van der Waals surface area contributed by atoms with Gasteiger partial charge in [-0.05, 0) is 48.2 Å². The SMILES string of the molecule is COc1ccc(CC(CC(=O)Cc2ccc(Cl)cc2)C(=O)NCCCO)cc1. The lowest BCUT2D eigenvalue weighted by Crippen LogP contribution is -2.34. The Hall–Kier alpha value is -2.37. The number of ketones is 1. The van der Waals surface area contributed by atoms with Crippen molar-refractivity contribution in [2.75, 3.05) is 20.3 Å². The number of hydrogen-bond donors (Lipinski definition) is 2. The zero-order valence-corrected chi connectivity index (χ0v) is 16.7. The van der Waals surface area contributed by atoms with Gasteiger partial charge >= 0.3 is 0 Å². The second-order valence-corrected chi connectivity index (χ2v) is 7.10. The molecule has 5 nitrogen and oxygen atoms in total. The Labute approximate surface area is 170 Å². The van der Waals surface area contributed by atoms with Gasteiger partial charge in [0, 0.05) is 36.9 Å². The van der Waals surface area contributed by atoms with Gasteiger partial charge in [-0.3, -0.25) is 9.59 Å². The average molecular weight is 404 g/mol. The highest BCUT2D eigenvalue weighted by atomic mass is 35.5. The minimum absolute atomic E-state index is 0.00172. The summed E-state index contributed by atoms with van der Waals surface area (Å²) in [7, 11) is 1.60. The monoisotopic (exact) mass is 403 g/mol. The number of Topliss-reactive ketones (excluding diaryl/α,β-unsaturated/α-hetero) is 1. The third-order valence-electron chi connectivity index (χ3n) is 4.43. The fraction of sp³-hybridized carbons (Fsp3) is 0.364. The standard InChI is InChI=1S/C22H26ClNO4/c1-28-21-9-5-16(6-10-21)13-18(22(27)24-11-2-12-25)15-20(26)14-17-3-7-19(23)8-4-17/h3-10,18,25H,2,11-15H2,1H3,(H,24,27). The molecule has 0 spiro atoms. The summed E-state index contributed by atoms with van der Waals surface area (Å²) in [5.41, 5.74) is 1.83. The molecule has 0 aromatic heterocycles. The lowest BCUT2D eigenvalue weighted by Gasteiger charge is -2.17. The molecule has 150 valence electrons. The van der Waals surface area contributed by atoms with E-state index in [4.69, 9.17) is 21.4 Å². The number of hydrogen-bond acceptors (Lipinski definition) is 4. The number of aliphatic hydroxyl groups excluding tert-OH is 1. The molecular weight excluding hydrogens is 378 g/mol. The largest absolute Gasteiger partial charge is 0.497 e. The topological polar surface area (TPSA) is 75.6 Å². The molecule has 0 radical (unpaired) electrons. The number of carbonyl (C=O) groups is 2. The summed E-state index contributed by atoms with van der Waals surface area (Å²) in [5.74, 6) is 0.102. The zero-order chi connectivity index (χ0) is 20.4. The van der Waals surface area contributed by atoms with Gasteiger partial charge < -0.3 is 15.2 Å². The van der Waals surface area contributed by atoms with Crippen LogP contribution in [0.1, 0.15) is 24.0 Å². The summed E-state index contributed by atoms with van der Waals surface area (Å²) in [4.78, 5) is 25.2. The van der Waals surface area contributed by atoms with Crippen molar-refractivity contribution < 1.29 is 19.4 Å². The maximum Gasteiger partial charge on any atom is 0.223 e. The zero-order valence-electron chi connectivity index (χ0n) is 16.0. The number of aliphatic hydroxyl groups is 1. The summed E-state index contributed by atoms with van der Waals surface area (Å²) < 4.78 is 5.16. The van der Waals surface area contributed by atoms with Gasteiger partial charge in [-0.15, -0.1) is 0 Å². The van der Waals surface area contributed by atoms with Crippen LogP contribution in [0.2, 0.25) is 5.02 Å². The van der Waals surface area contributed by atoms with Crippen molar-refractivity contribution >= 4 is 23.3 Å². The van der Waals surface area contributed by atoms with Gasteiger partial charge in [0.1, 0.15) is 11.5 Å². The fourth-order valence-corrected chi connectivity index (χ4v) is 3.04. The summed E-state index contributed by atoms with van der Waals surface area (Å²) in [6.45, 7) is 0.402. The first kappa shape index (κ1) is 21.9. The van der Waals surface area contributed by atoms with E-state index >= 15 is 0 Å². The van der Waals surface area contributed by atoms with Gasteiger partial charge in [0.2, 0.25) is 5.91 Å². The van der Waals surface area contributed by atoms with Crippen molar-refractivity contribution in [1.82, 2.24) is 5.32 Å². The molecule has 0 aliphatic carbocycles. The molecule has 2 rings (SSSR count). The van der Waals surface area contributed by atoms with Gasteiger partial charge in [0.05, 0.1) is 7.11 Å². The van der Waals surface area contributed by atoms with Crippen molar-refractivity contribution in [1.29, 1.82) is 0 Å². The van der Waals surface area contributed by atoms with E-state index in [2.05, 4.69) is 5.32 Å². The van der Waals surface area contributed by atoms with Crippen LogP contribution in [0.5, 0.6) is 5.75 Å². The van der Waals surface area contributed by atoms with Crippen LogP contribution in [-0.2, 0) is 22.4 Å². The predicted molar refractivity (Wildman–Crippen MR) is 110 cm³/mol. The van der Waals surface area contributed by atoms with E-state index in [0.717, 1.165) is 16.9 Å². The summed E-state index contributed by atoms with van der Waals surface area (Å²) >= 11 is 5.88. The number of amides is 1. The lowest BCUT2D eigenvalue weighted by molar-refractivity contribution is -0.129. The Morgan fingerprint density at radius 1 is 1.07 bits per heavy atom. The van der Waals surface area contributed by atoms with Crippen LogP contribution in [0.3, 0.4) is 0 Å². The minimum atomic E-state index is -0.466. The number of ether oxygens (including phenoxy) is 1. The van der Waals surface area contributed by atoms with E-state index in [1.807, 2.05) is 36.4 Å². The smallest absolute Gasteiger partial charge is 0.223 e. The highest BCUT2D eigenvalue weighted by molar-refractivity contribution is 6.30. The maximum atomic E-state index is 12.6. The van der Waals surface area contributed by atoms with E-state index in [1.54, 1.807) is 19.2 Å². The van der Waals surface area contributed by atoms with Crippen LogP contribution < -0.4 is 10.1 Å². The third kappa shape index (κ3) is 7.33. The van der Waals surface area contributed by atoms with Crippen LogP contribution in [0.15, 0.2) is 48.5 Å². The van der Waals surface area contributed by atoms with Crippen LogP contribution >= 0.6 is 11.6 Å². The number of carbonyl (C=O) groups excluding carboxylic acids is 2. The Bertz CT molecular complexity index is 759. The second kappa shape index (κ2) is 11.5. The van der Waals surface area contributed by atoms with Crippen molar-refractivity contribution in [3.05, 3.63) is 64.7 Å². The number of rotatable bonds is 11. The molecule has 0 bridgehead atoms. The summed E-state index contributed by atoms with van der Waals surface area (Å²) in [6.07, 6.45) is 1.36. The lowest BCUT2D eigenvalue weighted by atomic mass is 9.91. The van der Waals surface area contributed by atoms with Crippen molar-refractivity contribution in [2.45, 2.75) is 25.7 Å². The van der Waals surface area contributed by atoms with Gasteiger partial charge in [0.25, 0.3) is 0 Å². The number of benzene rings is 2. The highest BCUT2D eigenvalue weighted by Crippen LogP contribution is 2.19. The Balaban J connectivity index is 2.03. The molecule has 1 unspecified atom stereocenters. The van der Waals surface area contributed by atoms with Crippen LogP contribution in [0.4, 0.5) is 0 Å². The molecule has 6 heteroatoms. The van der Waals surface area contributed by atoms with Gasteiger partial charge in [-0.25, -0.2) is 0 Å². The third-order valence-corrected chi connectivity index (χ3v) is 4.69. The predicted octanol–water partition coefficient (Wildman–Crippen LogP) is 3.21. The molecule has 0 saturated carbocycles. The van der Waals surface area contributed by atoms with Gasteiger partial charge in [0.15, 0.2) is 0 Å². The molecule has 2 aromatic carbocycles. The van der Waals surface area contributed by atoms with Gasteiger partial charge in [-0.2, -0.15) is 0 Å². The first-order valence-corrected chi connectivity index (χ1v) is 9.67. The Morgan fingerprint density at radius 3 is 2.32 bits per heavy atom. The molecule has 28 heavy (non-hydrogen) atoms. The Morgan fingerprint density at radius 2 is 1.71 bits per heavy atom. The molecule has 0 heterocycles. The quantitative estimate of drug-likeness (QED) is 0.565. The highest BCUT2D eigenvalue weighted by Gasteiger charge is 2.22. The molecule has 1 atom stereocenters. The van der Waals surface area contributed by atoms with Crippen LogP contribution in [0, 0.1) is 5.92 Å². The fourth-order valence-electron chi connectivity index (χ4n) is 2.92. The van der Waals surface area contributed by atoms with Crippen LogP contribution in [0.25, 0.3) is 0 Å².